The number of hydrogen-bond donors (Lipinski definition) is 2. The summed E-state index contributed by atoms with van der Waals surface area (Å²) >= 11 is 0. The van der Waals surface area contributed by atoms with E-state index in [1.54, 1.807) is 41.5 Å². The highest BCUT2D eigenvalue weighted by Gasteiger charge is 2.78. The maximum absolute atomic E-state index is 15.5. The zero-order valence-electron chi connectivity index (χ0n) is 29.9. The first-order chi connectivity index (χ1) is 21.7. The van der Waals surface area contributed by atoms with E-state index in [0.29, 0.717) is 11.1 Å². The maximum atomic E-state index is 15.5. The lowest BCUT2D eigenvalue weighted by molar-refractivity contribution is -0.345. The van der Waals surface area contributed by atoms with Gasteiger partial charge in [0.05, 0.1) is 30.1 Å². The minimum absolute atomic E-state index is 0.120. The Balaban J connectivity index is 2.16. The van der Waals surface area contributed by atoms with E-state index in [4.69, 9.17) is 23.4 Å². The first-order valence-electron chi connectivity index (χ1n) is 16.9. The highest BCUT2D eigenvalue weighted by atomic mass is 28.4. The first-order valence-corrected chi connectivity index (χ1v) is 19.4. The molecule has 264 valence electrons. The van der Waals surface area contributed by atoms with Gasteiger partial charge in [0, 0.05) is 38.2 Å². The van der Waals surface area contributed by atoms with Gasteiger partial charge >= 0.3 is 17.9 Å². The van der Waals surface area contributed by atoms with E-state index in [2.05, 4.69) is 20.8 Å². The van der Waals surface area contributed by atoms with Gasteiger partial charge in [-0.15, -0.1) is 0 Å². The third-order valence-corrected chi connectivity index (χ3v) is 16.6. The molecule has 12 heteroatoms. The number of Topliss-reactive ketones (excluding diaryl/α,β-unsaturated/α-hetero) is 1. The van der Waals surface area contributed by atoms with Gasteiger partial charge < -0.3 is 33.6 Å². The van der Waals surface area contributed by atoms with Gasteiger partial charge in [-0.2, -0.15) is 0 Å². The summed E-state index contributed by atoms with van der Waals surface area (Å²) < 4.78 is 31.6. The van der Waals surface area contributed by atoms with E-state index in [9.17, 15) is 24.6 Å². The number of carbonyl (C=O) groups excluding carboxylic acids is 4. The van der Waals surface area contributed by atoms with Crippen LogP contribution >= 0.6 is 0 Å². The number of fused-ring (bicyclic) bond motifs is 5. The van der Waals surface area contributed by atoms with Crippen LogP contribution in [0.2, 0.25) is 18.1 Å². The Bertz CT molecular complexity index is 1350. The van der Waals surface area contributed by atoms with Crippen molar-refractivity contribution in [2.75, 3.05) is 6.61 Å². The molecule has 4 aliphatic rings. The summed E-state index contributed by atoms with van der Waals surface area (Å²) in [6.07, 6.45) is -4.63. The molecule has 3 fully saturated rings. The molecular formula is C35H54O11Si. The van der Waals surface area contributed by atoms with Crippen LogP contribution in [0.3, 0.4) is 0 Å². The molecular weight excluding hydrogens is 624 g/mol. The molecule has 0 spiro atoms. The second-order valence-electron chi connectivity index (χ2n) is 15.0. The molecule has 1 aliphatic heterocycles. The fourth-order valence-corrected chi connectivity index (χ4v) is 11.9. The molecule has 0 aromatic heterocycles. The average molecular weight is 679 g/mol. The summed E-state index contributed by atoms with van der Waals surface area (Å²) in [6, 6.07) is 2.31. The Kier molecular flexibility index (Phi) is 10.2. The van der Waals surface area contributed by atoms with E-state index in [1.165, 1.54) is 19.9 Å². The minimum Gasteiger partial charge on any atom is -0.456 e. The Morgan fingerprint density at radius 3 is 2.06 bits per heavy atom. The lowest BCUT2D eigenvalue weighted by atomic mass is 9.44. The summed E-state index contributed by atoms with van der Waals surface area (Å²) in [6.45, 7) is 18.8. The highest BCUT2D eigenvalue weighted by Crippen LogP contribution is 2.65. The molecule has 1 unspecified atom stereocenters. The van der Waals surface area contributed by atoms with Crippen LogP contribution in [0.25, 0.3) is 0 Å². The van der Waals surface area contributed by atoms with Crippen LogP contribution < -0.4 is 0 Å². The molecule has 0 radical (unpaired) electrons. The number of allylic oxidation sites excluding steroid dienone is 1. The van der Waals surface area contributed by atoms with Gasteiger partial charge in [0.2, 0.25) is 0 Å². The van der Waals surface area contributed by atoms with Gasteiger partial charge in [0.1, 0.15) is 17.8 Å². The number of hydrogen-bond acceptors (Lipinski definition) is 11. The van der Waals surface area contributed by atoms with E-state index >= 15 is 4.79 Å². The van der Waals surface area contributed by atoms with Crippen LogP contribution in [0.5, 0.6) is 0 Å². The summed E-state index contributed by atoms with van der Waals surface area (Å²) in [7, 11) is -2.46. The van der Waals surface area contributed by atoms with Gasteiger partial charge in [-0.1, -0.05) is 40.2 Å². The summed E-state index contributed by atoms with van der Waals surface area (Å²) in [4.78, 5) is 54.8. The van der Waals surface area contributed by atoms with Crippen LogP contribution in [0.4, 0.5) is 0 Å². The van der Waals surface area contributed by atoms with E-state index in [-0.39, 0.29) is 25.0 Å². The van der Waals surface area contributed by atoms with Crippen molar-refractivity contribution in [2.24, 2.45) is 16.7 Å². The molecule has 2 saturated carbocycles. The maximum Gasteiger partial charge on any atom is 0.331 e. The van der Waals surface area contributed by atoms with Crippen LogP contribution in [0.1, 0.15) is 89.0 Å². The summed E-state index contributed by atoms with van der Waals surface area (Å²) in [5.41, 5.74) is -5.28. The summed E-state index contributed by atoms with van der Waals surface area (Å²) in [5.74, 6) is -3.86. The van der Waals surface area contributed by atoms with Crippen LogP contribution in [-0.4, -0.2) is 90.6 Å². The smallest absolute Gasteiger partial charge is 0.331 e. The van der Waals surface area contributed by atoms with Gasteiger partial charge in [0.25, 0.3) is 0 Å². The number of ether oxygens (including phenoxy) is 4. The SMILES string of the molecule is CC[Si](CC)(CC)O[C@H]1C[C@H]2OC[C@@]2(OC(C)=O)C2[C@H](OC(=O)C=C(C)C)[C@]3(O)C[C@H](O)C(C)=C([C@@H](OC(C)=O)C(=O)[C@@]21C)C3(C)C. The largest absolute Gasteiger partial charge is 0.456 e. The summed E-state index contributed by atoms with van der Waals surface area (Å²) in [5, 5.41) is 24.6. The van der Waals surface area contributed by atoms with E-state index in [1.807, 2.05) is 0 Å². The molecule has 3 aliphatic carbocycles. The molecule has 11 nitrogen and oxygen atoms in total. The minimum atomic E-state index is -2.46. The quantitative estimate of drug-likeness (QED) is 0.118. The van der Waals surface area contributed by atoms with Crippen LogP contribution in [0.15, 0.2) is 22.8 Å². The van der Waals surface area contributed by atoms with Crippen molar-refractivity contribution >= 4 is 32.0 Å². The molecule has 9 atom stereocenters. The van der Waals surface area contributed by atoms with E-state index in [0.717, 1.165) is 18.1 Å². The lowest BCUT2D eigenvalue weighted by Gasteiger charge is -2.68. The van der Waals surface area contributed by atoms with Crippen molar-refractivity contribution in [3.63, 3.8) is 0 Å². The first kappa shape index (κ1) is 37.4. The molecule has 47 heavy (non-hydrogen) atoms. The number of rotatable bonds is 9. The predicted molar refractivity (Wildman–Crippen MR) is 174 cm³/mol. The molecule has 4 rings (SSSR count). The highest BCUT2D eigenvalue weighted by molar-refractivity contribution is 6.73. The zero-order chi connectivity index (χ0) is 35.5. The Morgan fingerprint density at radius 1 is 1.00 bits per heavy atom. The third-order valence-electron chi connectivity index (χ3n) is 11.9. The zero-order valence-corrected chi connectivity index (χ0v) is 30.9. The standard InChI is InChI=1S/C35H54O11Si/c1-12-47(13-2,14-3)46-24-16-25-34(18-42-25,45-22(8)37)29-31(44-26(39)15-19(4)5)35(41)17-23(38)20(6)27(32(35,9)10)28(43-21(7)36)30(40)33(24,29)11/h15,23-25,28-29,31,38,41H,12-14,16-18H2,1-11H3/t23-,24-,25+,28+,29?,31-,33+,34-,35+/m0/s1. The number of ketones is 1. The van der Waals surface area contributed by atoms with Crippen LogP contribution in [0, 0.1) is 16.7 Å². The number of aliphatic hydroxyl groups is 2. The molecule has 0 amide bonds. The number of esters is 3. The number of carbonyl (C=O) groups is 4. The van der Waals surface area contributed by atoms with Crippen molar-refractivity contribution in [1.29, 1.82) is 0 Å². The molecule has 0 aromatic carbocycles. The van der Waals surface area contributed by atoms with Gasteiger partial charge in [-0.3, -0.25) is 14.4 Å². The fraction of sp³-hybridized carbons (Fsp3) is 0.771. The molecule has 2 N–H and O–H groups in total. The molecule has 1 saturated heterocycles. The molecule has 0 aromatic rings. The average Bonchev–Trinajstić information content (AvgIpc) is 2.96. The topological polar surface area (TPSA) is 155 Å². The number of aliphatic hydroxyl groups excluding tert-OH is 1. The normalized spacial score (nSPS) is 37.7. The van der Waals surface area contributed by atoms with Gasteiger partial charge in [-0.05, 0) is 57.0 Å². The van der Waals surface area contributed by atoms with Gasteiger partial charge in [-0.25, -0.2) is 4.79 Å². The predicted octanol–water partition coefficient (Wildman–Crippen LogP) is 4.33. The lowest BCUT2D eigenvalue weighted by Crippen LogP contribution is -2.82. The van der Waals surface area contributed by atoms with Crippen LogP contribution in [-0.2, 0) is 42.6 Å². The fourth-order valence-electron chi connectivity index (χ4n) is 8.99. The second kappa shape index (κ2) is 12.8. The molecule has 2 bridgehead atoms. The van der Waals surface area contributed by atoms with Crippen molar-refractivity contribution in [2.45, 2.75) is 149 Å². The Morgan fingerprint density at radius 2 is 1.60 bits per heavy atom. The Hall–Kier alpha value is -2.38. The Labute approximate surface area is 279 Å². The van der Waals surface area contributed by atoms with E-state index < -0.39 is 90.5 Å². The van der Waals surface area contributed by atoms with Crippen molar-refractivity contribution in [3.05, 3.63) is 22.8 Å². The van der Waals surface area contributed by atoms with Crippen molar-refractivity contribution in [1.82, 2.24) is 0 Å². The van der Waals surface area contributed by atoms with Gasteiger partial charge in [0.15, 0.2) is 25.8 Å². The molecule has 1 heterocycles. The second-order valence-corrected chi connectivity index (χ2v) is 19.7. The monoisotopic (exact) mass is 678 g/mol. The van der Waals surface area contributed by atoms with Crippen molar-refractivity contribution in [3.8, 4) is 0 Å². The van der Waals surface area contributed by atoms with Crippen molar-refractivity contribution < 1.29 is 52.8 Å². The third kappa shape index (κ3) is 5.75.